The first-order chi connectivity index (χ1) is 7.88. The van der Waals surface area contributed by atoms with Crippen LogP contribution in [0.3, 0.4) is 0 Å². The number of carbonyl (C=O) groups is 1. The lowest BCUT2D eigenvalue weighted by atomic mass is 10.0. The molecule has 1 N–H and O–H groups in total. The van der Waals surface area contributed by atoms with Crippen LogP contribution in [0.4, 0.5) is 0 Å². The van der Waals surface area contributed by atoms with Crippen molar-refractivity contribution in [2.24, 2.45) is 0 Å². The van der Waals surface area contributed by atoms with E-state index in [0.29, 0.717) is 11.8 Å². The summed E-state index contributed by atoms with van der Waals surface area (Å²) in [6.07, 6.45) is 3.76. The van der Waals surface area contributed by atoms with Crippen LogP contribution in [0.2, 0.25) is 0 Å². The minimum Gasteiger partial charge on any atom is -0.343 e. The molecule has 1 aliphatic rings. The number of rotatable bonds is 4. The van der Waals surface area contributed by atoms with Gasteiger partial charge in [0.05, 0.1) is 5.75 Å². The van der Waals surface area contributed by atoms with Crippen LogP contribution in [0.25, 0.3) is 0 Å². The van der Waals surface area contributed by atoms with Crippen molar-refractivity contribution in [2.45, 2.75) is 50.8 Å². The van der Waals surface area contributed by atoms with Gasteiger partial charge < -0.3 is 10.2 Å². The van der Waals surface area contributed by atoms with Crippen LogP contribution in [0.15, 0.2) is 0 Å². The number of carbonyl (C=O) groups excluding carboxylic acids is 1. The van der Waals surface area contributed by atoms with Crippen molar-refractivity contribution >= 4 is 17.7 Å². The van der Waals surface area contributed by atoms with Crippen molar-refractivity contribution in [3.8, 4) is 0 Å². The summed E-state index contributed by atoms with van der Waals surface area (Å²) < 4.78 is 0.166. The Morgan fingerprint density at radius 2 is 2.12 bits per heavy atom. The zero-order valence-corrected chi connectivity index (χ0v) is 12.4. The molecule has 3 nitrogen and oxygen atoms in total. The molecule has 1 unspecified atom stereocenters. The van der Waals surface area contributed by atoms with E-state index in [4.69, 9.17) is 0 Å². The Morgan fingerprint density at radius 1 is 1.41 bits per heavy atom. The third-order valence-corrected chi connectivity index (χ3v) is 4.22. The Balaban J connectivity index is 2.26. The predicted octanol–water partition coefficient (Wildman–Crippen LogP) is 2.12. The summed E-state index contributed by atoms with van der Waals surface area (Å²) in [7, 11) is 1.92. The molecule has 1 atom stereocenters. The zero-order chi connectivity index (χ0) is 12.9. The van der Waals surface area contributed by atoms with Gasteiger partial charge in [0.1, 0.15) is 0 Å². The molecular weight excluding hydrogens is 232 g/mol. The summed E-state index contributed by atoms with van der Waals surface area (Å²) in [5.74, 6) is 0.837. The van der Waals surface area contributed by atoms with Gasteiger partial charge >= 0.3 is 0 Å². The predicted molar refractivity (Wildman–Crippen MR) is 75.5 cm³/mol. The van der Waals surface area contributed by atoms with E-state index in [1.54, 1.807) is 11.8 Å². The van der Waals surface area contributed by atoms with Crippen LogP contribution in [0, 0.1) is 0 Å². The lowest BCUT2D eigenvalue weighted by Crippen LogP contribution is -2.44. The van der Waals surface area contributed by atoms with E-state index in [2.05, 4.69) is 26.1 Å². The van der Waals surface area contributed by atoms with Gasteiger partial charge in [0.15, 0.2) is 0 Å². The summed E-state index contributed by atoms with van der Waals surface area (Å²) >= 11 is 1.72. The van der Waals surface area contributed by atoms with Crippen LogP contribution in [-0.2, 0) is 4.79 Å². The summed E-state index contributed by atoms with van der Waals surface area (Å²) in [6, 6.07) is 0.498. The van der Waals surface area contributed by atoms with Gasteiger partial charge in [0, 0.05) is 24.4 Å². The van der Waals surface area contributed by atoms with Crippen molar-refractivity contribution in [3.63, 3.8) is 0 Å². The zero-order valence-electron chi connectivity index (χ0n) is 11.6. The Kier molecular flexibility index (Phi) is 5.80. The topological polar surface area (TPSA) is 32.3 Å². The Morgan fingerprint density at radius 3 is 2.65 bits per heavy atom. The highest BCUT2D eigenvalue weighted by molar-refractivity contribution is 8.01. The number of amides is 1. The maximum absolute atomic E-state index is 11.9. The summed E-state index contributed by atoms with van der Waals surface area (Å²) in [6.45, 7) is 8.39. The molecule has 0 radical (unpaired) electrons. The van der Waals surface area contributed by atoms with Gasteiger partial charge in [-0.15, -0.1) is 11.8 Å². The summed E-state index contributed by atoms with van der Waals surface area (Å²) in [5, 5.41) is 3.48. The molecule has 0 spiro atoms. The van der Waals surface area contributed by atoms with Crippen molar-refractivity contribution in [1.82, 2.24) is 10.2 Å². The maximum Gasteiger partial charge on any atom is 0.232 e. The highest BCUT2D eigenvalue weighted by Crippen LogP contribution is 2.23. The third kappa shape index (κ3) is 6.32. The van der Waals surface area contributed by atoms with Crippen molar-refractivity contribution in [1.29, 1.82) is 0 Å². The molecule has 0 aromatic carbocycles. The van der Waals surface area contributed by atoms with Crippen LogP contribution in [0.1, 0.15) is 40.0 Å². The molecule has 1 aliphatic heterocycles. The van der Waals surface area contributed by atoms with E-state index >= 15 is 0 Å². The van der Waals surface area contributed by atoms with Gasteiger partial charge in [-0.25, -0.2) is 0 Å². The van der Waals surface area contributed by atoms with E-state index in [1.807, 2.05) is 11.9 Å². The number of likely N-dealkylation sites (N-methyl/N-ethyl adjacent to an activating group) is 1. The van der Waals surface area contributed by atoms with E-state index in [9.17, 15) is 4.79 Å². The van der Waals surface area contributed by atoms with E-state index < -0.39 is 0 Å². The fourth-order valence-corrected chi connectivity index (χ4v) is 2.68. The highest BCUT2D eigenvalue weighted by Gasteiger charge is 2.19. The maximum atomic E-state index is 11.9. The van der Waals surface area contributed by atoms with Gasteiger partial charge in [0.25, 0.3) is 0 Å². The molecule has 0 aromatic heterocycles. The lowest BCUT2D eigenvalue weighted by molar-refractivity contribution is -0.127. The normalized spacial score (nSPS) is 21.3. The molecule has 0 saturated carbocycles. The van der Waals surface area contributed by atoms with Gasteiger partial charge in [-0.2, -0.15) is 0 Å². The first kappa shape index (κ1) is 14.8. The monoisotopic (exact) mass is 258 g/mol. The summed E-state index contributed by atoms with van der Waals surface area (Å²) in [4.78, 5) is 13.8. The van der Waals surface area contributed by atoms with Crippen LogP contribution in [0.5, 0.6) is 0 Å². The number of hydrogen-bond donors (Lipinski definition) is 1. The summed E-state index contributed by atoms with van der Waals surface area (Å²) in [5.41, 5.74) is 0. The second kappa shape index (κ2) is 6.64. The average molecular weight is 258 g/mol. The first-order valence-electron chi connectivity index (χ1n) is 6.50. The number of piperidine rings is 1. The molecule has 0 aliphatic carbocycles. The largest absolute Gasteiger partial charge is 0.343 e. The number of nitrogens with one attached hydrogen (secondary N) is 1. The molecule has 4 heteroatoms. The Bertz CT molecular complexity index is 244. The van der Waals surface area contributed by atoms with Crippen molar-refractivity contribution in [2.75, 3.05) is 25.9 Å². The van der Waals surface area contributed by atoms with Crippen LogP contribution >= 0.6 is 11.8 Å². The molecule has 0 bridgehead atoms. The molecule has 100 valence electrons. The minimum absolute atomic E-state index is 0.166. The standard InChI is InChI=1S/C13H26N2OS/c1-13(2,3)17-10-12(16)15(4)9-11-7-5-6-8-14-11/h11,14H,5-10H2,1-4H3. The molecule has 1 fully saturated rings. The molecule has 0 aromatic rings. The second-order valence-electron chi connectivity index (χ2n) is 5.82. The molecule has 1 saturated heterocycles. The van der Waals surface area contributed by atoms with Gasteiger partial charge in [-0.3, -0.25) is 4.79 Å². The smallest absolute Gasteiger partial charge is 0.232 e. The Hall–Kier alpha value is -0.220. The third-order valence-electron chi connectivity index (χ3n) is 2.96. The molecule has 1 amide bonds. The highest BCUT2D eigenvalue weighted by atomic mass is 32.2. The lowest BCUT2D eigenvalue weighted by Gasteiger charge is -2.28. The molecule has 1 rings (SSSR count). The SMILES string of the molecule is CN(CC1CCCCN1)C(=O)CSC(C)(C)C. The number of hydrogen-bond acceptors (Lipinski definition) is 3. The molecule has 17 heavy (non-hydrogen) atoms. The number of nitrogens with zero attached hydrogens (tertiary/aromatic N) is 1. The van der Waals surface area contributed by atoms with Gasteiger partial charge in [0.2, 0.25) is 5.91 Å². The van der Waals surface area contributed by atoms with Gasteiger partial charge in [-0.1, -0.05) is 27.2 Å². The fourth-order valence-electron chi connectivity index (χ4n) is 1.90. The van der Waals surface area contributed by atoms with Crippen LogP contribution < -0.4 is 5.32 Å². The van der Waals surface area contributed by atoms with Crippen molar-refractivity contribution < 1.29 is 4.79 Å². The minimum atomic E-state index is 0.166. The number of thioether (sulfide) groups is 1. The van der Waals surface area contributed by atoms with E-state index in [1.165, 1.54) is 19.3 Å². The van der Waals surface area contributed by atoms with E-state index in [-0.39, 0.29) is 10.7 Å². The van der Waals surface area contributed by atoms with Crippen LogP contribution in [-0.4, -0.2) is 47.5 Å². The second-order valence-corrected chi connectivity index (χ2v) is 7.62. The average Bonchev–Trinajstić information content (AvgIpc) is 2.26. The first-order valence-corrected chi connectivity index (χ1v) is 7.48. The Labute approximate surface area is 110 Å². The van der Waals surface area contributed by atoms with Gasteiger partial charge in [-0.05, 0) is 19.4 Å². The molecular formula is C13H26N2OS. The van der Waals surface area contributed by atoms with Crippen molar-refractivity contribution in [3.05, 3.63) is 0 Å². The fraction of sp³-hybridized carbons (Fsp3) is 0.923. The quantitative estimate of drug-likeness (QED) is 0.838. The van der Waals surface area contributed by atoms with E-state index in [0.717, 1.165) is 13.1 Å². The molecule has 1 heterocycles.